The lowest BCUT2D eigenvalue weighted by atomic mass is 10.2. The van der Waals surface area contributed by atoms with Gasteiger partial charge in [-0.15, -0.1) is 0 Å². The van der Waals surface area contributed by atoms with Crippen LogP contribution in [-0.4, -0.2) is 29.2 Å². The van der Waals surface area contributed by atoms with Crippen molar-refractivity contribution < 1.29 is 13.7 Å². The minimum atomic E-state index is -1.07. The molecule has 2 unspecified atom stereocenters. The molecule has 1 aromatic carbocycles. The Bertz CT molecular complexity index is 436. The van der Waals surface area contributed by atoms with Crippen LogP contribution in [0, 0.1) is 0 Å². The number of benzene rings is 1. The topological polar surface area (TPSA) is 61.6 Å². The molecule has 1 aromatic rings. The van der Waals surface area contributed by atoms with Gasteiger partial charge in [0.2, 0.25) is 0 Å². The molecule has 0 amide bonds. The largest absolute Gasteiger partial charge is 0.486 e. The highest BCUT2D eigenvalue weighted by molar-refractivity contribution is 7.85. The molecule has 2 N–H and O–H groups in total. The summed E-state index contributed by atoms with van der Waals surface area (Å²) in [6.45, 7) is 3.18. The van der Waals surface area contributed by atoms with Crippen LogP contribution in [0.15, 0.2) is 23.1 Å². The van der Waals surface area contributed by atoms with Gasteiger partial charge in [0.1, 0.15) is 13.2 Å². The molecule has 0 fully saturated rings. The van der Waals surface area contributed by atoms with Crippen LogP contribution in [0.1, 0.15) is 19.8 Å². The van der Waals surface area contributed by atoms with Crippen molar-refractivity contribution in [3.63, 3.8) is 0 Å². The number of ether oxygens (including phenoxy) is 2. The minimum Gasteiger partial charge on any atom is -0.486 e. The van der Waals surface area contributed by atoms with Crippen molar-refractivity contribution in [1.29, 1.82) is 0 Å². The Hall–Kier alpha value is -1.07. The van der Waals surface area contributed by atoms with Crippen LogP contribution >= 0.6 is 0 Å². The average molecular weight is 269 g/mol. The van der Waals surface area contributed by atoms with E-state index in [4.69, 9.17) is 15.2 Å². The van der Waals surface area contributed by atoms with Gasteiger partial charge in [0.05, 0.1) is 10.8 Å². The maximum Gasteiger partial charge on any atom is 0.162 e. The molecule has 0 saturated carbocycles. The third-order valence-corrected chi connectivity index (χ3v) is 4.31. The molecule has 100 valence electrons. The Balaban J connectivity index is 2.06. The normalized spacial score (nSPS) is 17.2. The molecule has 2 atom stereocenters. The predicted octanol–water partition coefficient (Wildman–Crippen LogP) is 1.69. The van der Waals surface area contributed by atoms with Crippen molar-refractivity contribution in [1.82, 2.24) is 0 Å². The molecule has 0 bridgehead atoms. The fraction of sp³-hybridized carbons (Fsp3) is 0.538. The molecule has 1 aliphatic rings. The Kier molecular flexibility index (Phi) is 4.60. The molecule has 1 aliphatic heterocycles. The van der Waals surface area contributed by atoms with E-state index < -0.39 is 10.8 Å². The summed E-state index contributed by atoms with van der Waals surface area (Å²) >= 11 is 0. The number of rotatable bonds is 5. The van der Waals surface area contributed by atoms with E-state index in [0.29, 0.717) is 24.7 Å². The van der Waals surface area contributed by atoms with Gasteiger partial charge < -0.3 is 15.2 Å². The second kappa shape index (κ2) is 6.20. The zero-order valence-electron chi connectivity index (χ0n) is 10.6. The van der Waals surface area contributed by atoms with E-state index >= 15 is 0 Å². The lowest BCUT2D eigenvalue weighted by Crippen LogP contribution is -2.26. The fourth-order valence-electron chi connectivity index (χ4n) is 1.91. The summed E-state index contributed by atoms with van der Waals surface area (Å²) in [5, 5.41) is 0. The van der Waals surface area contributed by atoms with Gasteiger partial charge >= 0.3 is 0 Å². The first-order valence-electron chi connectivity index (χ1n) is 6.24. The molecule has 0 radical (unpaired) electrons. The number of nitrogens with two attached hydrogens (primary N) is 1. The van der Waals surface area contributed by atoms with Gasteiger partial charge in [-0.3, -0.25) is 4.21 Å². The first-order chi connectivity index (χ1) is 8.70. The molecule has 18 heavy (non-hydrogen) atoms. The molecule has 5 heteroatoms. The summed E-state index contributed by atoms with van der Waals surface area (Å²) in [7, 11) is -1.07. The van der Waals surface area contributed by atoms with E-state index in [1.165, 1.54) is 0 Å². The summed E-state index contributed by atoms with van der Waals surface area (Å²) in [5.74, 6) is 1.89. The Morgan fingerprint density at radius 1 is 1.33 bits per heavy atom. The van der Waals surface area contributed by atoms with E-state index in [1.807, 2.05) is 12.1 Å². The van der Waals surface area contributed by atoms with Gasteiger partial charge in [0.15, 0.2) is 11.5 Å². The fourth-order valence-corrected chi connectivity index (χ4v) is 3.12. The summed E-state index contributed by atoms with van der Waals surface area (Å²) in [6, 6.07) is 5.42. The number of fused-ring (bicyclic) bond motifs is 1. The van der Waals surface area contributed by atoms with Gasteiger partial charge in [-0.25, -0.2) is 0 Å². The maximum atomic E-state index is 12.2. The SMILES string of the molecule is CCCC(N)CS(=O)c1ccc2c(c1)OCCO2. The number of hydrogen-bond acceptors (Lipinski definition) is 4. The van der Waals surface area contributed by atoms with Gasteiger partial charge in [0, 0.05) is 22.8 Å². The summed E-state index contributed by atoms with van der Waals surface area (Å²) < 4.78 is 23.1. The quantitative estimate of drug-likeness (QED) is 0.883. The van der Waals surface area contributed by atoms with E-state index in [2.05, 4.69) is 6.92 Å². The highest BCUT2D eigenvalue weighted by Crippen LogP contribution is 2.31. The summed E-state index contributed by atoms with van der Waals surface area (Å²) in [4.78, 5) is 0.755. The Morgan fingerprint density at radius 2 is 2.06 bits per heavy atom. The smallest absolute Gasteiger partial charge is 0.162 e. The molecule has 0 aromatic heterocycles. The van der Waals surface area contributed by atoms with Crippen LogP contribution in [0.5, 0.6) is 11.5 Å². The second-order valence-electron chi connectivity index (χ2n) is 4.37. The molecule has 4 nitrogen and oxygen atoms in total. The minimum absolute atomic E-state index is 0.0102. The van der Waals surface area contributed by atoms with E-state index in [0.717, 1.165) is 23.5 Å². The van der Waals surface area contributed by atoms with E-state index in [9.17, 15) is 4.21 Å². The van der Waals surface area contributed by atoms with Gasteiger partial charge in [-0.2, -0.15) is 0 Å². The molecule has 1 heterocycles. The van der Waals surface area contributed by atoms with Crippen molar-refractivity contribution >= 4 is 10.8 Å². The molecular formula is C13H19NO3S. The van der Waals surface area contributed by atoms with Gasteiger partial charge in [0.25, 0.3) is 0 Å². The summed E-state index contributed by atoms with van der Waals surface area (Å²) in [6.07, 6.45) is 1.91. The van der Waals surface area contributed by atoms with Gasteiger partial charge in [-0.05, 0) is 18.6 Å². The summed E-state index contributed by atoms with van der Waals surface area (Å²) in [5.41, 5.74) is 5.91. The maximum absolute atomic E-state index is 12.2. The zero-order chi connectivity index (χ0) is 13.0. The average Bonchev–Trinajstić information content (AvgIpc) is 2.38. The molecular weight excluding hydrogens is 250 g/mol. The first-order valence-corrected chi connectivity index (χ1v) is 7.56. The standard InChI is InChI=1S/C13H19NO3S/c1-2-3-10(14)9-18(15)11-4-5-12-13(8-11)17-7-6-16-12/h4-5,8,10H,2-3,6-7,9,14H2,1H3. The Morgan fingerprint density at radius 3 is 2.78 bits per heavy atom. The molecule has 0 aliphatic carbocycles. The first kappa shape index (κ1) is 13.4. The van der Waals surface area contributed by atoms with Crippen LogP contribution < -0.4 is 15.2 Å². The lowest BCUT2D eigenvalue weighted by molar-refractivity contribution is 0.171. The number of hydrogen-bond donors (Lipinski definition) is 1. The van der Waals surface area contributed by atoms with Crippen molar-refractivity contribution in [2.24, 2.45) is 5.73 Å². The van der Waals surface area contributed by atoms with E-state index in [1.54, 1.807) is 6.07 Å². The second-order valence-corrected chi connectivity index (χ2v) is 5.86. The Labute approximate surface area is 110 Å². The predicted molar refractivity (Wildman–Crippen MR) is 71.6 cm³/mol. The third-order valence-electron chi connectivity index (χ3n) is 2.80. The third kappa shape index (κ3) is 3.23. The van der Waals surface area contributed by atoms with Crippen molar-refractivity contribution in [3.05, 3.63) is 18.2 Å². The van der Waals surface area contributed by atoms with Gasteiger partial charge in [-0.1, -0.05) is 13.3 Å². The highest BCUT2D eigenvalue weighted by atomic mass is 32.2. The zero-order valence-corrected chi connectivity index (χ0v) is 11.4. The molecule has 0 saturated heterocycles. The van der Waals surface area contributed by atoms with E-state index in [-0.39, 0.29) is 6.04 Å². The van der Waals surface area contributed by atoms with Crippen LogP contribution in [0.3, 0.4) is 0 Å². The monoisotopic (exact) mass is 269 g/mol. The van der Waals surface area contributed by atoms with Crippen molar-refractivity contribution in [2.45, 2.75) is 30.7 Å². The van der Waals surface area contributed by atoms with Crippen LogP contribution in [0.4, 0.5) is 0 Å². The van der Waals surface area contributed by atoms with Crippen LogP contribution in [0.2, 0.25) is 0 Å². The molecule has 0 spiro atoms. The van der Waals surface area contributed by atoms with Crippen LogP contribution in [-0.2, 0) is 10.8 Å². The lowest BCUT2D eigenvalue weighted by Gasteiger charge is -2.19. The van der Waals surface area contributed by atoms with Crippen molar-refractivity contribution in [3.8, 4) is 11.5 Å². The van der Waals surface area contributed by atoms with Crippen LogP contribution in [0.25, 0.3) is 0 Å². The highest BCUT2D eigenvalue weighted by Gasteiger charge is 2.15. The van der Waals surface area contributed by atoms with Crippen molar-refractivity contribution in [2.75, 3.05) is 19.0 Å². The molecule has 2 rings (SSSR count).